The van der Waals surface area contributed by atoms with Crippen LogP contribution in [0.15, 0.2) is 48.7 Å². The number of aromatic amines is 1. The Labute approximate surface area is 137 Å². The highest BCUT2D eigenvalue weighted by atomic mass is 19.1. The zero-order valence-corrected chi connectivity index (χ0v) is 12.7. The van der Waals surface area contributed by atoms with Crippen molar-refractivity contribution in [3.05, 3.63) is 71.4 Å². The minimum absolute atomic E-state index is 0.0352. The first-order valence-corrected chi connectivity index (χ1v) is 7.49. The number of halogens is 2. The Bertz CT molecular complexity index is 876. The van der Waals surface area contributed by atoms with Crippen LogP contribution in [-0.2, 0) is 11.2 Å². The van der Waals surface area contributed by atoms with Gasteiger partial charge in [-0.05, 0) is 29.8 Å². The Morgan fingerprint density at radius 3 is 2.79 bits per heavy atom. The fourth-order valence-corrected chi connectivity index (χ4v) is 2.60. The van der Waals surface area contributed by atoms with Crippen LogP contribution in [0.4, 0.5) is 8.78 Å². The van der Waals surface area contributed by atoms with Crippen molar-refractivity contribution in [3.63, 3.8) is 0 Å². The number of nitrogens with one attached hydrogen (secondary N) is 2. The molecule has 0 aliphatic heterocycles. The van der Waals surface area contributed by atoms with Crippen LogP contribution in [0.1, 0.15) is 17.2 Å². The molecule has 2 aromatic carbocycles. The summed E-state index contributed by atoms with van der Waals surface area (Å²) >= 11 is 0. The monoisotopic (exact) mass is 330 g/mol. The fourth-order valence-electron chi connectivity index (χ4n) is 2.60. The van der Waals surface area contributed by atoms with Gasteiger partial charge in [-0.15, -0.1) is 0 Å². The Morgan fingerprint density at radius 2 is 2.00 bits per heavy atom. The van der Waals surface area contributed by atoms with Crippen molar-refractivity contribution in [2.45, 2.75) is 12.5 Å². The Hall–Kier alpha value is -2.73. The van der Waals surface area contributed by atoms with Gasteiger partial charge >= 0.3 is 0 Å². The molecule has 1 amide bonds. The van der Waals surface area contributed by atoms with Crippen LogP contribution in [0.5, 0.6) is 0 Å². The van der Waals surface area contributed by atoms with Crippen LogP contribution < -0.4 is 5.32 Å². The number of aliphatic hydroxyl groups excluding tert-OH is 1. The van der Waals surface area contributed by atoms with Crippen LogP contribution in [0.2, 0.25) is 0 Å². The molecule has 0 bridgehead atoms. The third-order valence-corrected chi connectivity index (χ3v) is 3.84. The highest BCUT2D eigenvalue weighted by Crippen LogP contribution is 2.20. The first-order valence-electron chi connectivity index (χ1n) is 7.49. The molecule has 1 atom stereocenters. The predicted molar refractivity (Wildman–Crippen MR) is 86.3 cm³/mol. The van der Waals surface area contributed by atoms with E-state index in [4.69, 9.17) is 0 Å². The average Bonchev–Trinajstić information content (AvgIpc) is 2.95. The van der Waals surface area contributed by atoms with Gasteiger partial charge < -0.3 is 15.4 Å². The van der Waals surface area contributed by atoms with Crippen LogP contribution in [0.3, 0.4) is 0 Å². The number of carbonyl (C=O) groups is 1. The van der Waals surface area contributed by atoms with E-state index in [2.05, 4.69) is 10.3 Å². The maximum Gasteiger partial charge on any atom is 0.224 e. The van der Waals surface area contributed by atoms with E-state index in [9.17, 15) is 18.7 Å². The number of hydrogen-bond donors (Lipinski definition) is 3. The van der Waals surface area contributed by atoms with Crippen molar-refractivity contribution in [1.82, 2.24) is 10.3 Å². The van der Waals surface area contributed by atoms with Crippen LogP contribution in [0, 0.1) is 11.6 Å². The molecule has 0 aliphatic carbocycles. The molecule has 124 valence electrons. The molecule has 0 saturated carbocycles. The second-order valence-electron chi connectivity index (χ2n) is 5.52. The molecule has 1 heterocycles. The van der Waals surface area contributed by atoms with Gasteiger partial charge in [-0.3, -0.25) is 4.79 Å². The highest BCUT2D eigenvalue weighted by Gasteiger charge is 2.14. The molecule has 3 aromatic rings. The maximum absolute atomic E-state index is 13.6. The van der Waals surface area contributed by atoms with Gasteiger partial charge in [0.05, 0.1) is 12.5 Å². The van der Waals surface area contributed by atoms with E-state index in [0.717, 1.165) is 5.52 Å². The third-order valence-electron chi connectivity index (χ3n) is 3.84. The summed E-state index contributed by atoms with van der Waals surface area (Å²) in [5.41, 5.74) is 1.53. The number of H-pyrrole nitrogens is 1. The standard InChI is InChI=1S/C18H16F2N2O2/c19-12-5-6-16-14(8-12)11(9-21-16)7-18(24)22-10-17(23)13-3-1-2-4-15(13)20/h1-6,8-9,17,21,23H,7,10H2,(H,22,24). The van der Waals surface area contributed by atoms with Crippen LogP contribution >= 0.6 is 0 Å². The molecule has 0 aliphatic rings. The van der Waals surface area contributed by atoms with Gasteiger partial charge in [0.1, 0.15) is 11.6 Å². The molecule has 24 heavy (non-hydrogen) atoms. The molecule has 0 saturated heterocycles. The average molecular weight is 330 g/mol. The lowest BCUT2D eigenvalue weighted by Crippen LogP contribution is -2.29. The second-order valence-corrected chi connectivity index (χ2v) is 5.52. The van der Waals surface area contributed by atoms with Gasteiger partial charge in [0.15, 0.2) is 0 Å². The minimum atomic E-state index is -1.13. The van der Waals surface area contributed by atoms with Gasteiger partial charge in [0.25, 0.3) is 0 Å². The first kappa shape index (κ1) is 16.1. The summed E-state index contributed by atoms with van der Waals surface area (Å²) in [4.78, 5) is 15.0. The Kier molecular flexibility index (Phi) is 4.57. The van der Waals surface area contributed by atoms with E-state index < -0.39 is 11.9 Å². The molecule has 1 unspecified atom stereocenters. The summed E-state index contributed by atoms with van der Waals surface area (Å²) in [7, 11) is 0. The molecule has 0 fully saturated rings. The molecule has 6 heteroatoms. The van der Waals surface area contributed by atoms with Crippen molar-refractivity contribution in [3.8, 4) is 0 Å². The van der Waals surface area contributed by atoms with Gasteiger partial charge in [-0.2, -0.15) is 0 Å². The van der Waals surface area contributed by atoms with Crippen molar-refractivity contribution in [2.24, 2.45) is 0 Å². The largest absolute Gasteiger partial charge is 0.386 e. The molecule has 4 nitrogen and oxygen atoms in total. The number of amides is 1. The van der Waals surface area contributed by atoms with E-state index in [1.807, 2.05) is 0 Å². The molecule has 3 N–H and O–H groups in total. The van der Waals surface area contributed by atoms with Gasteiger partial charge in [0.2, 0.25) is 5.91 Å². The van der Waals surface area contributed by atoms with Crippen molar-refractivity contribution in [1.29, 1.82) is 0 Å². The topological polar surface area (TPSA) is 65.1 Å². The number of aliphatic hydroxyl groups is 1. The molecule has 3 rings (SSSR count). The summed E-state index contributed by atoms with van der Waals surface area (Å²) in [6.45, 7) is -0.101. The quantitative estimate of drug-likeness (QED) is 0.673. The van der Waals surface area contributed by atoms with E-state index in [-0.39, 0.29) is 30.3 Å². The molecular weight excluding hydrogens is 314 g/mol. The van der Waals surface area contributed by atoms with Gasteiger partial charge in [-0.25, -0.2) is 8.78 Å². The van der Waals surface area contributed by atoms with Crippen LogP contribution in [-0.4, -0.2) is 22.5 Å². The SMILES string of the molecule is O=C(Cc1c[nH]c2ccc(F)cc12)NCC(O)c1ccccc1F. The lowest BCUT2D eigenvalue weighted by atomic mass is 10.1. The zero-order valence-electron chi connectivity index (χ0n) is 12.7. The summed E-state index contributed by atoms with van der Waals surface area (Å²) in [6, 6.07) is 10.2. The normalized spacial score (nSPS) is 12.3. The van der Waals surface area contributed by atoms with Crippen molar-refractivity contribution in [2.75, 3.05) is 6.54 Å². The first-order chi connectivity index (χ1) is 11.5. The highest BCUT2D eigenvalue weighted by molar-refractivity contribution is 5.88. The minimum Gasteiger partial charge on any atom is -0.386 e. The van der Waals surface area contributed by atoms with Gasteiger partial charge in [0, 0.05) is 29.2 Å². The maximum atomic E-state index is 13.6. The number of hydrogen-bond acceptors (Lipinski definition) is 2. The van der Waals surface area contributed by atoms with Crippen LogP contribution in [0.25, 0.3) is 10.9 Å². The van der Waals surface area contributed by atoms with E-state index >= 15 is 0 Å². The van der Waals surface area contributed by atoms with E-state index in [1.54, 1.807) is 18.3 Å². The second kappa shape index (κ2) is 6.80. The fraction of sp³-hybridized carbons (Fsp3) is 0.167. The number of rotatable bonds is 5. The predicted octanol–water partition coefficient (Wildman–Crippen LogP) is 2.84. The smallest absolute Gasteiger partial charge is 0.224 e. The number of aromatic nitrogens is 1. The molecule has 0 spiro atoms. The Balaban J connectivity index is 1.63. The number of carbonyl (C=O) groups excluding carboxylic acids is 1. The Morgan fingerprint density at radius 1 is 1.21 bits per heavy atom. The molecule has 1 aromatic heterocycles. The lowest BCUT2D eigenvalue weighted by Gasteiger charge is -2.13. The van der Waals surface area contributed by atoms with E-state index in [1.165, 1.54) is 30.3 Å². The van der Waals surface area contributed by atoms with Crippen molar-refractivity contribution >= 4 is 16.8 Å². The number of benzene rings is 2. The summed E-state index contributed by atoms with van der Waals surface area (Å²) < 4.78 is 26.9. The lowest BCUT2D eigenvalue weighted by molar-refractivity contribution is -0.120. The summed E-state index contributed by atoms with van der Waals surface area (Å²) in [5, 5.41) is 13.2. The van der Waals surface area contributed by atoms with Gasteiger partial charge in [-0.1, -0.05) is 18.2 Å². The number of fused-ring (bicyclic) bond motifs is 1. The molecular formula is C18H16F2N2O2. The molecule has 0 radical (unpaired) electrons. The van der Waals surface area contributed by atoms with Crippen molar-refractivity contribution < 1.29 is 18.7 Å². The summed E-state index contributed by atoms with van der Waals surface area (Å²) in [6.07, 6.45) is 0.556. The summed E-state index contributed by atoms with van der Waals surface area (Å²) in [5.74, 6) is -1.24. The third kappa shape index (κ3) is 3.44. The van der Waals surface area contributed by atoms with E-state index in [0.29, 0.717) is 10.9 Å². The zero-order chi connectivity index (χ0) is 17.1.